The molecule has 2 rings (SSSR count). The van der Waals surface area contributed by atoms with Crippen LogP contribution in [0.25, 0.3) is 11.4 Å². The third kappa shape index (κ3) is 2.56. The first-order valence-electron chi connectivity index (χ1n) is 6.14. The largest absolute Gasteiger partial charge is 0.397 e. The highest BCUT2D eigenvalue weighted by atomic mass is 35.5. The summed E-state index contributed by atoms with van der Waals surface area (Å²) in [6.45, 7) is 8.51. The molecule has 0 saturated heterocycles. The van der Waals surface area contributed by atoms with Gasteiger partial charge in [0.05, 0.1) is 16.8 Å². The topological polar surface area (TPSA) is 69.6 Å². The van der Waals surface area contributed by atoms with Crippen molar-refractivity contribution in [1.82, 2.24) is 20.2 Å². The SMILES string of the molecule is CC(n1nnnc1-c1cccc(Cl)c1N)C(C)(C)C. The summed E-state index contributed by atoms with van der Waals surface area (Å²) in [5.74, 6) is 0.641. The van der Waals surface area contributed by atoms with Crippen LogP contribution in [-0.2, 0) is 0 Å². The summed E-state index contributed by atoms with van der Waals surface area (Å²) < 4.78 is 1.79. The normalized spacial score (nSPS) is 13.5. The molecule has 1 atom stereocenters. The number of halogens is 1. The van der Waals surface area contributed by atoms with Crippen molar-refractivity contribution in [2.45, 2.75) is 33.7 Å². The van der Waals surface area contributed by atoms with E-state index in [-0.39, 0.29) is 11.5 Å². The molecule has 6 heteroatoms. The van der Waals surface area contributed by atoms with Crippen LogP contribution in [0.1, 0.15) is 33.7 Å². The van der Waals surface area contributed by atoms with Crippen LogP contribution in [0.2, 0.25) is 5.02 Å². The van der Waals surface area contributed by atoms with Gasteiger partial charge < -0.3 is 5.73 Å². The van der Waals surface area contributed by atoms with Gasteiger partial charge in [-0.3, -0.25) is 0 Å². The fourth-order valence-electron chi connectivity index (χ4n) is 1.73. The minimum atomic E-state index is 0.0392. The molecule has 0 aliphatic carbocycles. The Bertz CT molecular complexity index is 585. The lowest BCUT2D eigenvalue weighted by Gasteiger charge is -2.27. The molecule has 0 aliphatic rings. The zero-order chi connectivity index (χ0) is 14.2. The van der Waals surface area contributed by atoms with Crippen molar-refractivity contribution < 1.29 is 0 Å². The molecule has 1 heterocycles. The maximum absolute atomic E-state index is 6.05. The van der Waals surface area contributed by atoms with Crippen molar-refractivity contribution in [3.05, 3.63) is 23.2 Å². The molecule has 0 spiro atoms. The zero-order valence-corrected chi connectivity index (χ0v) is 12.3. The smallest absolute Gasteiger partial charge is 0.184 e. The van der Waals surface area contributed by atoms with Gasteiger partial charge in [0.2, 0.25) is 0 Å². The molecule has 0 saturated carbocycles. The number of hydrogen-bond acceptors (Lipinski definition) is 4. The Morgan fingerprint density at radius 1 is 1.32 bits per heavy atom. The van der Waals surface area contributed by atoms with E-state index in [1.165, 1.54) is 0 Å². The maximum Gasteiger partial charge on any atom is 0.184 e. The highest BCUT2D eigenvalue weighted by Gasteiger charge is 2.26. The first kappa shape index (κ1) is 13.8. The minimum Gasteiger partial charge on any atom is -0.397 e. The molecule has 1 aromatic carbocycles. The Morgan fingerprint density at radius 2 is 2.00 bits per heavy atom. The lowest BCUT2D eigenvalue weighted by atomic mass is 9.88. The molecule has 5 nitrogen and oxygen atoms in total. The van der Waals surface area contributed by atoms with E-state index in [2.05, 4.69) is 43.2 Å². The number of nitrogens with two attached hydrogens (primary N) is 1. The summed E-state index contributed by atoms with van der Waals surface area (Å²) in [6, 6.07) is 5.60. The number of anilines is 1. The lowest BCUT2D eigenvalue weighted by molar-refractivity contribution is 0.243. The molecule has 1 aromatic heterocycles. The molecule has 2 N–H and O–H groups in total. The van der Waals surface area contributed by atoms with Gasteiger partial charge in [-0.1, -0.05) is 38.4 Å². The van der Waals surface area contributed by atoms with Gasteiger partial charge >= 0.3 is 0 Å². The third-order valence-electron chi connectivity index (χ3n) is 3.41. The Kier molecular flexibility index (Phi) is 3.49. The quantitative estimate of drug-likeness (QED) is 0.857. The lowest BCUT2D eigenvalue weighted by Crippen LogP contribution is -2.23. The molecule has 0 amide bonds. The van der Waals surface area contributed by atoms with E-state index in [0.29, 0.717) is 16.5 Å². The first-order valence-corrected chi connectivity index (χ1v) is 6.52. The maximum atomic E-state index is 6.05. The number of tetrazole rings is 1. The second-order valence-corrected chi connectivity index (χ2v) is 6.10. The molecular formula is C13H18ClN5. The number of nitrogen functional groups attached to an aromatic ring is 1. The van der Waals surface area contributed by atoms with Crippen LogP contribution >= 0.6 is 11.6 Å². The number of rotatable bonds is 2. The summed E-state index contributed by atoms with van der Waals surface area (Å²) in [5, 5.41) is 12.5. The molecule has 0 fully saturated rings. The second-order valence-electron chi connectivity index (χ2n) is 5.69. The van der Waals surface area contributed by atoms with Crippen LogP contribution in [0, 0.1) is 5.41 Å². The number of para-hydroxylation sites is 1. The van der Waals surface area contributed by atoms with Crippen molar-refractivity contribution in [2.24, 2.45) is 5.41 Å². The van der Waals surface area contributed by atoms with E-state index in [4.69, 9.17) is 17.3 Å². The Morgan fingerprint density at radius 3 is 2.63 bits per heavy atom. The van der Waals surface area contributed by atoms with Crippen LogP contribution < -0.4 is 5.73 Å². The first-order chi connectivity index (χ1) is 8.82. The third-order valence-corrected chi connectivity index (χ3v) is 3.74. The van der Waals surface area contributed by atoms with Gasteiger partial charge in [-0.25, -0.2) is 4.68 Å². The predicted molar refractivity (Wildman–Crippen MR) is 76.8 cm³/mol. The van der Waals surface area contributed by atoms with Crippen molar-refractivity contribution in [1.29, 1.82) is 0 Å². The number of benzene rings is 1. The monoisotopic (exact) mass is 279 g/mol. The average molecular weight is 280 g/mol. The fraction of sp³-hybridized carbons (Fsp3) is 0.462. The second kappa shape index (κ2) is 4.81. The van der Waals surface area contributed by atoms with Gasteiger partial charge in [-0.2, -0.15) is 0 Å². The van der Waals surface area contributed by atoms with Gasteiger partial charge in [0.25, 0.3) is 0 Å². The predicted octanol–water partition coefficient (Wildman–Crippen LogP) is 3.18. The molecule has 19 heavy (non-hydrogen) atoms. The standard InChI is InChI=1S/C13H18ClN5/c1-8(13(2,3)4)19-12(16-17-18-19)9-6-5-7-10(14)11(9)15/h5-8H,15H2,1-4H3. The van der Waals surface area contributed by atoms with E-state index in [1.54, 1.807) is 10.7 Å². The van der Waals surface area contributed by atoms with Crippen LogP contribution in [0.3, 0.4) is 0 Å². The average Bonchev–Trinajstić information content (AvgIpc) is 2.79. The zero-order valence-electron chi connectivity index (χ0n) is 11.6. The van der Waals surface area contributed by atoms with E-state index in [0.717, 1.165) is 5.56 Å². The summed E-state index contributed by atoms with van der Waals surface area (Å²) in [6.07, 6.45) is 0. The Balaban J connectivity index is 2.54. The summed E-state index contributed by atoms with van der Waals surface area (Å²) in [5.41, 5.74) is 7.31. The van der Waals surface area contributed by atoms with Crippen molar-refractivity contribution >= 4 is 17.3 Å². The van der Waals surface area contributed by atoms with E-state index >= 15 is 0 Å². The number of aromatic nitrogens is 4. The summed E-state index contributed by atoms with van der Waals surface area (Å²) in [4.78, 5) is 0. The molecule has 1 unspecified atom stereocenters. The molecular weight excluding hydrogens is 262 g/mol. The Labute approximate surface area is 117 Å². The van der Waals surface area contributed by atoms with E-state index < -0.39 is 0 Å². The van der Waals surface area contributed by atoms with Crippen LogP contribution in [0.15, 0.2) is 18.2 Å². The van der Waals surface area contributed by atoms with Crippen LogP contribution in [0.5, 0.6) is 0 Å². The van der Waals surface area contributed by atoms with Crippen molar-refractivity contribution in [2.75, 3.05) is 5.73 Å². The molecule has 0 bridgehead atoms. The van der Waals surface area contributed by atoms with Gasteiger partial charge in [0, 0.05) is 5.56 Å². The minimum absolute atomic E-state index is 0.0392. The van der Waals surface area contributed by atoms with Gasteiger partial charge in [-0.05, 0) is 34.9 Å². The Hall–Kier alpha value is -1.62. The molecule has 0 radical (unpaired) electrons. The van der Waals surface area contributed by atoms with Crippen LogP contribution in [0.4, 0.5) is 5.69 Å². The summed E-state index contributed by atoms with van der Waals surface area (Å²) >= 11 is 6.05. The van der Waals surface area contributed by atoms with Crippen LogP contribution in [-0.4, -0.2) is 20.2 Å². The highest BCUT2D eigenvalue weighted by Crippen LogP contribution is 2.35. The molecule has 2 aromatic rings. The molecule has 102 valence electrons. The highest BCUT2D eigenvalue weighted by molar-refractivity contribution is 6.33. The van der Waals surface area contributed by atoms with E-state index in [9.17, 15) is 0 Å². The van der Waals surface area contributed by atoms with Gasteiger partial charge in [-0.15, -0.1) is 5.10 Å². The summed E-state index contributed by atoms with van der Waals surface area (Å²) in [7, 11) is 0. The van der Waals surface area contributed by atoms with E-state index in [1.807, 2.05) is 12.1 Å². The molecule has 0 aliphatic heterocycles. The number of hydrogen-bond donors (Lipinski definition) is 1. The number of nitrogens with zero attached hydrogens (tertiary/aromatic N) is 4. The van der Waals surface area contributed by atoms with Crippen molar-refractivity contribution in [3.63, 3.8) is 0 Å². The van der Waals surface area contributed by atoms with Gasteiger partial charge in [0.1, 0.15) is 0 Å². The van der Waals surface area contributed by atoms with Gasteiger partial charge in [0.15, 0.2) is 5.82 Å². The fourth-order valence-corrected chi connectivity index (χ4v) is 1.91. The van der Waals surface area contributed by atoms with Crippen molar-refractivity contribution in [3.8, 4) is 11.4 Å².